The minimum atomic E-state index is -3.65. The van der Waals surface area contributed by atoms with Gasteiger partial charge in [-0.05, 0) is 42.7 Å². The van der Waals surface area contributed by atoms with E-state index in [0.717, 1.165) is 17.5 Å². The van der Waals surface area contributed by atoms with Crippen molar-refractivity contribution in [3.05, 3.63) is 52.8 Å². The first-order valence-corrected chi connectivity index (χ1v) is 8.02. The molecule has 0 unspecified atom stereocenters. The summed E-state index contributed by atoms with van der Waals surface area (Å²) < 4.78 is 27.0. The van der Waals surface area contributed by atoms with Crippen LogP contribution in [-0.2, 0) is 16.4 Å². The molecule has 0 atom stereocenters. The van der Waals surface area contributed by atoms with Gasteiger partial charge in [-0.1, -0.05) is 30.7 Å². The summed E-state index contributed by atoms with van der Waals surface area (Å²) in [6.07, 6.45) is 2.44. The lowest BCUT2D eigenvalue weighted by Crippen LogP contribution is -2.13. The molecule has 2 rings (SSSR count). The van der Waals surface area contributed by atoms with Crippen LogP contribution in [0.4, 0.5) is 5.69 Å². The van der Waals surface area contributed by atoms with Crippen LogP contribution in [0, 0.1) is 6.92 Å². The zero-order valence-corrected chi connectivity index (χ0v) is 12.8. The van der Waals surface area contributed by atoms with Crippen LogP contribution >= 0.6 is 11.6 Å². The zero-order chi connectivity index (χ0) is 14.8. The normalized spacial score (nSPS) is 11.3. The van der Waals surface area contributed by atoms with Crippen molar-refractivity contribution in [2.24, 2.45) is 0 Å². The third-order valence-electron chi connectivity index (χ3n) is 2.86. The quantitative estimate of drug-likeness (QED) is 0.880. The number of rotatable bonds is 4. The van der Waals surface area contributed by atoms with Crippen LogP contribution in [-0.4, -0.2) is 13.4 Å². The van der Waals surface area contributed by atoms with Crippen LogP contribution in [0.15, 0.2) is 41.4 Å². The predicted molar refractivity (Wildman–Crippen MR) is 80.6 cm³/mol. The minimum Gasteiger partial charge on any atom is -0.276 e. The van der Waals surface area contributed by atoms with Gasteiger partial charge in [0.05, 0.1) is 10.6 Å². The van der Waals surface area contributed by atoms with Crippen LogP contribution in [0.5, 0.6) is 0 Å². The molecule has 6 heteroatoms. The number of halogens is 1. The van der Waals surface area contributed by atoms with Crippen molar-refractivity contribution in [1.29, 1.82) is 0 Å². The van der Waals surface area contributed by atoms with Gasteiger partial charge in [0, 0.05) is 6.20 Å². The number of hydrogen-bond acceptors (Lipinski definition) is 3. The van der Waals surface area contributed by atoms with Gasteiger partial charge in [0.25, 0.3) is 10.0 Å². The summed E-state index contributed by atoms with van der Waals surface area (Å²) in [5, 5.41) is 0.129. The number of hydrogen-bond donors (Lipinski definition) is 1. The SMILES string of the molecule is CCc1ccc(S(=O)(=O)Nc2cc(C)cnc2Cl)cc1. The maximum atomic E-state index is 12.3. The van der Waals surface area contributed by atoms with E-state index in [1.807, 2.05) is 13.8 Å². The Morgan fingerprint density at radius 2 is 1.90 bits per heavy atom. The Bertz CT molecular complexity index is 712. The van der Waals surface area contributed by atoms with Crippen LogP contribution in [0.3, 0.4) is 0 Å². The molecular weight excluding hydrogens is 296 g/mol. The van der Waals surface area contributed by atoms with Crippen molar-refractivity contribution in [3.8, 4) is 0 Å². The van der Waals surface area contributed by atoms with Crippen molar-refractivity contribution in [3.63, 3.8) is 0 Å². The monoisotopic (exact) mass is 310 g/mol. The predicted octanol–water partition coefficient (Wildman–Crippen LogP) is 3.41. The topological polar surface area (TPSA) is 59.1 Å². The van der Waals surface area contributed by atoms with E-state index in [-0.39, 0.29) is 15.7 Å². The molecule has 0 bridgehead atoms. The van der Waals surface area contributed by atoms with E-state index in [4.69, 9.17) is 11.6 Å². The van der Waals surface area contributed by atoms with Gasteiger partial charge in [-0.3, -0.25) is 4.72 Å². The Morgan fingerprint density at radius 3 is 2.50 bits per heavy atom. The average Bonchev–Trinajstić information content (AvgIpc) is 2.43. The molecule has 20 heavy (non-hydrogen) atoms. The highest BCUT2D eigenvalue weighted by Crippen LogP contribution is 2.23. The van der Waals surface area contributed by atoms with E-state index in [9.17, 15) is 8.42 Å². The van der Waals surface area contributed by atoms with Gasteiger partial charge >= 0.3 is 0 Å². The van der Waals surface area contributed by atoms with Crippen LogP contribution < -0.4 is 4.72 Å². The molecule has 0 aliphatic heterocycles. The maximum absolute atomic E-state index is 12.3. The van der Waals surface area contributed by atoms with Gasteiger partial charge in [0.1, 0.15) is 0 Å². The lowest BCUT2D eigenvalue weighted by molar-refractivity contribution is 0.601. The second kappa shape index (κ2) is 5.81. The molecule has 0 saturated heterocycles. The van der Waals surface area contributed by atoms with E-state index in [2.05, 4.69) is 9.71 Å². The fourth-order valence-electron chi connectivity index (χ4n) is 1.73. The van der Waals surface area contributed by atoms with Crippen molar-refractivity contribution >= 4 is 27.3 Å². The number of sulfonamides is 1. The number of aromatic nitrogens is 1. The molecule has 0 amide bonds. The van der Waals surface area contributed by atoms with E-state index >= 15 is 0 Å². The summed E-state index contributed by atoms with van der Waals surface area (Å²) in [6.45, 7) is 3.83. The van der Waals surface area contributed by atoms with Gasteiger partial charge in [-0.15, -0.1) is 0 Å². The molecule has 4 nitrogen and oxygen atoms in total. The van der Waals surface area contributed by atoms with Crippen LogP contribution in [0.2, 0.25) is 5.15 Å². The minimum absolute atomic E-state index is 0.129. The first kappa shape index (κ1) is 14.8. The fraction of sp³-hybridized carbons (Fsp3) is 0.214. The Balaban J connectivity index is 2.32. The Kier molecular flexibility index (Phi) is 4.30. The van der Waals surface area contributed by atoms with Gasteiger partial charge in [-0.2, -0.15) is 0 Å². The van der Waals surface area contributed by atoms with E-state index < -0.39 is 10.0 Å². The lowest BCUT2D eigenvalue weighted by Gasteiger charge is -2.10. The third-order valence-corrected chi connectivity index (χ3v) is 4.54. The summed E-state index contributed by atoms with van der Waals surface area (Å²) in [7, 11) is -3.65. The third kappa shape index (κ3) is 3.29. The van der Waals surface area contributed by atoms with Crippen LogP contribution in [0.1, 0.15) is 18.1 Å². The maximum Gasteiger partial charge on any atom is 0.261 e. The first-order chi connectivity index (χ1) is 9.42. The summed E-state index contributed by atoms with van der Waals surface area (Å²) in [5.74, 6) is 0. The largest absolute Gasteiger partial charge is 0.276 e. The summed E-state index contributed by atoms with van der Waals surface area (Å²) in [4.78, 5) is 4.12. The van der Waals surface area contributed by atoms with Crippen LogP contribution in [0.25, 0.3) is 0 Å². The molecule has 1 aromatic carbocycles. The van der Waals surface area contributed by atoms with E-state index in [1.54, 1.807) is 36.5 Å². The smallest absolute Gasteiger partial charge is 0.261 e. The highest BCUT2D eigenvalue weighted by atomic mass is 35.5. The Labute approximate surface area is 123 Å². The Morgan fingerprint density at radius 1 is 1.25 bits per heavy atom. The highest BCUT2D eigenvalue weighted by molar-refractivity contribution is 7.92. The number of pyridine rings is 1. The number of nitrogens with one attached hydrogen (secondary N) is 1. The summed E-state index contributed by atoms with van der Waals surface area (Å²) in [5.41, 5.74) is 2.19. The highest BCUT2D eigenvalue weighted by Gasteiger charge is 2.16. The standard InChI is InChI=1S/C14H15ClN2O2S/c1-3-11-4-6-12(7-5-11)20(18,19)17-13-8-10(2)9-16-14(13)15/h4-9,17H,3H2,1-2H3. The van der Waals surface area contributed by atoms with E-state index in [1.165, 1.54) is 0 Å². The molecule has 0 spiro atoms. The molecule has 0 aliphatic carbocycles. The second-order valence-corrected chi connectivity index (χ2v) is 6.49. The molecule has 106 valence electrons. The number of anilines is 1. The lowest BCUT2D eigenvalue weighted by atomic mass is 10.2. The number of nitrogens with zero attached hydrogens (tertiary/aromatic N) is 1. The zero-order valence-electron chi connectivity index (χ0n) is 11.2. The van der Waals surface area contributed by atoms with Crippen molar-refractivity contribution in [1.82, 2.24) is 4.98 Å². The average molecular weight is 311 g/mol. The molecule has 1 N–H and O–H groups in total. The molecule has 2 aromatic rings. The van der Waals surface area contributed by atoms with Gasteiger partial charge in [-0.25, -0.2) is 13.4 Å². The van der Waals surface area contributed by atoms with Crippen molar-refractivity contribution in [2.45, 2.75) is 25.2 Å². The second-order valence-electron chi connectivity index (χ2n) is 4.45. The van der Waals surface area contributed by atoms with Gasteiger partial charge in [0.2, 0.25) is 0 Å². The number of benzene rings is 1. The van der Waals surface area contributed by atoms with Gasteiger partial charge < -0.3 is 0 Å². The molecular formula is C14H15ClN2O2S. The molecule has 0 saturated carbocycles. The Hall–Kier alpha value is -1.59. The molecule has 1 aromatic heterocycles. The van der Waals surface area contributed by atoms with E-state index in [0.29, 0.717) is 0 Å². The van der Waals surface area contributed by atoms with Gasteiger partial charge in [0.15, 0.2) is 5.15 Å². The molecule has 1 heterocycles. The van der Waals surface area contributed by atoms with Crippen molar-refractivity contribution in [2.75, 3.05) is 4.72 Å². The summed E-state index contributed by atoms with van der Waals surface area (Å²) >= 11 is 5.90. The molecule has 0 radical (unpaired) electrons. The molecule has 0 fully saturated rings. The molecule has 0 aliphatic rings. The first-order valence-electron chi connectivity index (χ1n) is 6.16. The summed E-state index contributed by atoms with van der Waals surface area (Å²) in [6, 6.07) is 8.40. The number of aryl methyl sites for hydroxylation is 2. The fourth-order valence-corrected chi connectivity index (χ4v) is 3.00. The van der Waals surface area contributed by atoms with Crippen molar-refractivity contribution < 1.29 is 8.42 Å².